The van der Waals surface area contributed by atoms with Gasteiger partial charge in [-0.05, 0) is 35.4 Å². The number of pyridine rings is 3. The molecule has 0 aliphatic rings. The van der Waals surface area contributed by atoms with Crippen molar-refractivity contribution < 1.29 is 13.6 Å². The van der Waals surface area contributed by atoms with E-state index in [0.717, 1.165) is 16.7 Å². The van der Waals surface area contributed by atoms with Crippen LogP contribution in [0.5, 0.6) is 0 Å². The fourth-order valence-electron chi connectivity index (χ4n) is 4.85. The van der Waals surface area contributed by atoms with Crippen LogP contribution >= 0.6 is 0 Å². The number of anilines is 1. The average molecular weight is 559 g/mol. The maximum Gasteiger partial charge on any atom is 0.228 e. The highest BCUT2D eigenvalue weighted by Gasteiger charge is 2.22. The highest BCUT2D eigenvalue weighted by molar-refractivity contribution is 5.97. The highest BCUT2D eigenvalue weighted by Crippen LogP contribution is 2.34. The zero-order chi connectivity index (χ0) is 28.6. The predicted molar refractivity (Wildman–Crippen MR) is 154 cm³/mol. The first kappa shape index (κ1) is 25.1. The first-order chi connectivity index (χ1) is 20.5. The first-order valence-corrected chi connectivity index (χ1v) is 13.0. The molecule has 3 N–H and O–H groups in total. The van der Waals surface area contributed by atoms with Crippen molar-refractivity contribution >= 4 is 33.8 Å². The van der Waals surface area contributed by atoms with E-state index < -0.39 is 5.82 Å². The standard InChI is InChI=1S/C31H20F2N8O/c32-20-8-6-18(7-9-20)22-10-11-35-30-27(22)38-31(39-30)28-25-26(33)23(16-36-29(25)41-40-28)19-13-21(15-34-14-19)37-24(42)12-17-4-2-1-3-5-17/h1-11,13-16H,12H2,(H,37,42)(H,35,38,39)(H,36,40,41). The summed E-state index contributed by atoms with van der Waals surface area (Å²) < 4.78 is 29.6. The van der Waals surface area contributed by atoms with Crippen LogP contribution in [0, 0.1) is 11.6 Å². The number of carbonyl (C=O) groups is 1. The van der Waals surface area contributed by atoms with E-state index in [4.69, 9.17) is 0 Å². The molecule has 9 nitrogen and oxygen atoms in total. The summed E-state index contributed by atoms with van der Waals surface area (Å²) in [5, 5.41) is 10.0. The summed E-state index contributed by atoms with van der Waals surface area (Å²) in [6.07, 6.45) is 6.20. The van der Waals surface area contributed by atoms with Gasteiger partial charge in [0, 0.05) is 35.3 Å². The molecule has 0 unspecified atom stereocenters. The Bertz CT molecular complexity index is 2090. The van der Waals surface area contributed by atoms with Crippen LogP contribution in [0.2, 0.25) is 0 Å². The molecule has 0 spiro atoms. The van der Waals surface area contributed by atoms with Gasteiger partial charge in [0.25, 0.3) is 0 Å². The van der Waals surface area contributed by atoms with Crippen LogP contribution in [0.4, 0.5) is 14.5 Å². The molecule has 204 valence electrons. The lowest BCUT2D eigenvalue weighted by atomic mass is 10.1. The van der Waals surface area contributed by atoms with Gasteiger partial charge >= 0.3 is 0 Å². The SMILES string of the molecule is O=C(Cc1ccccc1)Nc1cncc(-c2cnc3[nH]nc(-c4nc5c(-c6ccc(F)cc6)ccnc5[nH]4)c3c2F)c1. The average Bonchev–Trinajstić information content (AvgIpc) is 3.63. The van der Waals surface area contributed by atoms with Crippen molar-refractivity contribution in [2.45, 2.75) is 6.42 Å². The van der Waals surface area contributed by atoms with Gasteiger partial charge in [-0.15, -0.1) is 0 Å². The number of aromatic amines is 2. The third-order valence-electron chi connectivity index (χ3n) is 6.83. The van der Waals surface area contributed by atoms with Crippen LogP contribution < -0.4 is 5.32 Å². The molecule has 5 heterocycles. The number of fused-ring (bicyclic) bond motifs is 2. The Labute approximate surface area is 236 Å². The van der Waals surface area contributed by atoms with Crippen molar-refractivity contribution in [1.29, 1.82) is 0 Å². The number of imidazole rings is 1. The summed E-state index contributed by atoms with van der Waals surface area (Å²) in [6, 6.07) is 18.8. The van der Waals surface area contributed by atoms with E-state index in [1.165, 1.54) is 30.7 Å². The molecule has 2 aromatic carbocycles. The van der Waals surface area contributed by atoms with Gasteiger partial charge in [-0.1, -0.05) is 42.5 Å². The number of H-pyrrole nitrogens is 2. The fraction of sp³-hybridized carbons (Fsp3) is 0.0323. The second kappa shape index (κ2) is 10.3. The van der Waals surface area contributed by atoms with Crippen LogP contribution in [0.3, 0.4) is 0 Å². The molecule has 0 aliphatic heterocycles. The predicted octanol–water partition coefficient (Wildman–Crippen LogP) is 6.08. The topological polar surface area (TPSA) is 125 Å². The molecule has 7 aromatic rings. The smallest absolute Gasteiger partial charge is 0.228 e. The van der Waals surface area contributed by atoms with Crippen molar-refractivity contribution in [2.75, 3.05) is 5.32 Å². The molecule has 0 saturated carbocycles. The number of aromatic nitrogens is 7. The minimum Gasteiger partial charge on any atom is -0.324 e. The number of nitrogens with zero attached hydrogens (tertiary/aromatic N) is 5. The van der Waals surface area contributed by atoms with Crippen LogP contribution in [-0.2, 0) is 11.2 Å². The summed E-state index contributed by atoms with van der Waals surface area (Å²) in [4.78, 5) is 33.3. The molecule has 0 fully saturated rings. The maximum atomic E-state index is 16.1. The highest BCUT2D eigenvalue weighted by atomic mass is 19.1. The van der Waals surface area contributed by atoms with Gasteiger partial charge in [0.05, 0.1) is 23.7 Å². The van der Waals surface area contributed by atoms with E-state index in [1.54, 1.807) is 30.5 Å². The second-order valence-corrected chi connectivity index (χ2v) is 9.60. The van der Waals surface area contributed by atoms with E-state index in [1.807, 2.05) is 30.3 Å². The lowest BCUT2D eigenvalue weighted by molar-refractivity contribution is -0.115. The maximum absolute atomic E-state index is 16.1. The third-order valence-corrected chi connectivity index (χ3v) is 6.83. The molecule has 0 aliphatic carbocycles. The Morgan fingerprint density at radius 2 is 1.69 bits per heavy atom. The molecular formula is C31H20F2N8O. The Morgan fingerprint density at radius 3 is 2.52 bits per heavy atom. The number of hydrogen-bond acceptors (Lipinski definition) is 6. The third kappa shape index (κ3) is 4.62. The van der Waals surface area contributed by atoms with Gasteiger partial charge in [0.15, 0.2) is 17.1 Å². The quantitative estimate of drug-likeness (QED) is 0.227. The Hall–Kier alpha value is -5.84. The normalized spacial score (nSPS) is 11.3. The first-order valence-electron chi connectivity index (χ1n) is 13.0. The largest absolute Gasteiger partial charge is 0.324 e. The number of carbonyl (C=O) groups excluding carboxylic acids is 1. The molecule has 0 saturated heterocycles. The van der Waals surface area contributed by atoms with Crippen LogP contribution in [0.25, 0.3) is 56.0 Å². The van der Waals surface area contributed by atoms with Gasteiger partial charge < -0.3 is 10.3 Å². The van der Waals surface area contributed by atoms with E-state index in [0.29, 0.717) is 22.4 Å². The van der Waals surface area contributed by atoms with Crippen LogP contribution in [0.1, 0.15) is 5.56 Å². The lowest BCUT2D eigenvalue weighted by Crippen LogP contribution is -2.14. The summed E-state index contributed by atoms with van der Waals surface area (Å²) in [7, 11) is 0. The van der Waals surface area contributed by atoms with E-state index in [9.17, 15) is 9.18 Å². The van der Waals surface area contributed by atoms with Crippen molar-refractivity contribution in [3.05, 3.63) is 109 Å². The Morgan fingerprint density at radius 1 is 0.857 bits per heavy atom. The molecule has 1 amide bonds. The lowest BCUT2D eigenvalue weighted by Gasteiger charge is -2.08. The number of amides is 1. The number of benzene rings is 2. The number of hydrogen-bond donors (Lipinski definition) is 3. The molecule has 5 aromatic heterocycles. The summed E-state index contributed by atoms with van der Waals surface area (Å²) in [5.74, 6) is -0.852. The van der Waals surface area contributed by atoms with Gasteiger partial charge in [0.2, 0.25) is 5.91 Å². The summed E-state index contributed by atoms with van der Waals surface area (Å²) in [5.41, 5.74) is 4.85. The van der Waals surface area contributed by atoms with Crippen LogP contribution in [-0.4, -0.2) is 41.0 Å². The molecule has 42 heavy (non-hydrogen) atoms. The summed E-state index contributed by atoms with van der Waals surface area (Å²) >= 11 is 0. The van der Waals surface area contributed by atoms with Crippen LogP contribution in [0.15, 0.2) is 91.5 Å². The molecule has 0 bridgehead atoms. The molecule has 11 heteroatoms. The number of halogens is 2. The summed E-state index contributed by atoms with van der Waals surface area (Å²) in [6.45, 7) is 0. The molecular weight excluding hydrogens is 538 g/mol. The van der Waals surface area contributed by atoms with E-state index >= 15 is 4.39 Å². The molecule has 0 atom stereocenters. The molecule has 7 rings (SSSR count). The Balaban J connectivity index is 1.24. The van der Waals surface area contributed by atoms with Crippen molar-refractivity contribution in [3.8, 4) is 33.8 Å². The minimum absolute atomic E-state index is 0.133. The monoisotopic (exact) mass is 558 g/mol. The second-order valence-electron chi connectivity index (χ2n) is 9.60. The number of rotatable bonds is 6. The fourth-order valence-corrected chi connectivity index (χ4v) is 4.85. The molecule has 0 radical (unpaired) electrons. The van der Waals surface area contributed by atoms with Gasteiger partial charge in [-0.2, -0.15) is 5.10 Å². The van der Waals surface area contributed by atoms with Crippen molar-refractivity contribution in [1.82, 2.24) is 35.1 Å². The Kier molecular flexibility index (Phi) is 6.16. The van der Waals surface area contributed by atoms with Gasteiger partial charge in [0.1, 0.15) is 22.8 Å². The number of nitrogens with one attached hydrogen (secondary N) is 3. The van der Waals surface area contributed by atoms with Crippen molar-refractivity contribution in [2.24, 2.45) is 0 Å². The van der Waals surface area contributed by atoms with Crippen molar-refractivity contribution in [3.63, 3.8) is 0 Å². The zero-order valence-corrected chi connectivity index (χ0v) is 21.8. The van der Waals surface area contributed by atoms with Gasteiger partial charge in [-0.25, -0.2) is 23.7 Å². The zero-order valence-electron chi connectivity index (χ0n) is 21.8. The minimum atomic E-state index is -0.578. The van der Waals surface area contributed by atoms with E-state index in [-0.39, 0.29) is 46.3 Å². The van der Waals surface area contributed by atoms with E-state index in [2.05, 4.69) is 40.4 Å². The van der Waals surface area contributed by atoms with Gasteiger partial charge in [-0.3, -0.25) is 14.9 Å².